The zero-order valence-electron chi connectivity index (χ0n) is 14.6. The molecule has 1 N–H and O–H groups in total. The molecule has 1 aliphatic rings. The molecule has 0 amide bonds. The third-order valence-electron chi connectivity index (χ3n) is 5.23. The van der Waals surface area contributed by atoms with Gasteiger partial charge >= 0.3 is 0 Å². The smallest absolute Gasteiger partial charge is 0.266 e. The first kappa shape index (κ1) is 16.6. The van der Waals surface area contributed by atoms with E-state index in [4.69, 9.17) is 11.2 Å². The molecule has 1 aromatic heterocycles. The highest BCUT2D eigenvalue weighted by Crippen LogP contribution is 2.33. The zero-order valence-corrected chi connectivity index (χ0v) is 14.6. The van der Waals surface area contributed by atoms with Gasteiger partial charge in [-0.2, -0.15) is 0 Å². The number of nitrogens with zero attached hydrogens (tertiary/aromatic N) is 1. The van der Waals surface area contributed by atoms with E-state index in [1.54, 1.807) is 7.11 Å². The maximum absolute atomic E-state index is 12.4. The van der Waals surface area contributed by atoms with Gasteiger partial charge in [-0.1, -0.05) is 18.9 Å². The second kappa shape index (κ2) is 6.33. The van der Waals surface area contributed by atoms with Gasteiger partial charge in [0.25, 0.3) is 5.56 Å². The van der Waals surface area contributed by atoms with Crippen molar-refractivity contribution in [2.45, 2.75) is 38.7 Å². The number of aromatic amines is 1. The van der Waals surface area contributed by atoms with Crippen LogP contribution in [0.15, 0.2) is 23.0 Å². The third-order valence-corrected chi connectivity index (χ3v) is 5.23. The Morgan fingerprint density at radius 2 is 2.08 bits per heavy atom. The van der Waals surface area contributed by atoms with Gasteiger partial charge < -0.3 is 14.6 Å². The van der Waals surface area contributed by atoms with Gasteiger partial charge in [0.1, 0.15) is 5.56 Å². The highest BCUT2D eigenvalue weighted by Gasteiger charge is 2.31. The number of methoxy groups -OCH3 is 1. The fraction of sp³-hybridized carbons (Fsp3) is 0.450. The fourth-order valence-electron chi connectivity index (χ4n) is 3.41. The second-order valence-electron chi connectivity index (χ2n) is 6.70. The number of benzene rings is 1. The average molecular weight is 324 g/mol. The van der Waals surface area contributed by atoms with Crippen LogP contribution in [0.1, 0.15) is 37.8 Å². The lowest BCUT2D eigenvalue weighted by molar-refractivity contribution is -0.0132. The van der Waals surface area contributed by atoms with Gasteiger partial charge in [0.15, 0.2) is 0 Å². The Bertz CT molecular complexity index is 852. The van der Waals surface area contributed by atoms with Crippen molar-refractivity contribution >= 4 is 16.6 Å². The molecule has 4 nitrogen and oxygen atoms in total. The molecule has 0 unspecified atom stereocenters. The van der Waals surface area contributed by atoms with Crippen LogP contribution in [0, 0.1) is 12.3 Å². The highest BCUT2D eigenvalue weighted by molar-refractivity contribution is 5.95. The quantitative estimate of drug-likeness (QED) is 0.883. The van der Waals surface area contributed by atoms with Crippen molar-refractivity contribution in [1.82, 2.24) is 4.98 Å². The standard InChI is InChI=1S/C20H24N2O2/c1-5-14-7-8-17-16(13-14)18(15(6-2)19(23)21-17)22-11-9-20(3,24-4)10-12-22/h2,7-8,13H,5,9-12H2,1,3-4H3,(H,21,23). The maximum Gasteiger partial charge on any atom is 0.266 e. The molecule has 0 bridgehead atoms. The molecule has 0 radical (unpaired) electrons. The molecule has 0 spiro atoms. The van der Waals surface area contributed by atoms with E-state index >= 15 is 0 Å². The van der Waals surface area contributed by atoms with Gasteiger partial charge in [-0.05, 0) is 43.9 Å². The minimum absolute atomic E-state index is 0.0988. The van der Waals surface area contributed by atoms with Crippen molar-refractivity contribution < 1.29 is 4.74 Å². The van der Waals surface area contributed by atoms with Crippen LogP contribution in [0.4, 0.5) is 5.69 Å². The molecular weight excluding hydrogens is 300 g/mol. The molecule has 2 heterocycles. The molecular formula is C20H24N2O2. The van der Waals surface area contributed by atoms with Crippen LogP contribution in [-0.2, 0) is 11.2 Å². The van der Waals surface area contributed by atoms with E-state index in [0.29, 0.717) is 5.56 Å². The number of hydrogen-bond acceptors (Lipinski definition) is 3. The largest absolute Gasteiger partial charge is 0.378 e. The molecule has 24 heavy (non-hydrogen) atoms. The van der Waals surface area contributed by atoms with Gasteiger partial charge in [0, 0.05) is 25.6 Å². The fourth-order valence-corrected chi connectivity index (χ4v) is 3.41. The van der Waals surface area contributed by atoms with Crippen LogP contribution in [0.2, 0.25) is 0 Å². The van der Waals surface area contributed by atoms with Crippen molar-refractivity contribution in [3.8, 4) is 12.3 Å². The van der Waals surface area contributed by atoms with E-state index in [0.717, 1.165) is 48.9 Å². The highest BCUT2D eigenvalue weighted by atomic mass is 16.5. The summed E-state index contributed by atoms with van der Waals surface area (Å²) >= 11 is 0. The van der Waals surface area contributed by atoms with E-state index in [1.165, 1.54) is 5.56 Å². The van der Waals surface area contributed by atoms with Crippen LogP contribution in [0.25, 0.3) is 10.9 Å². The van der Waals surface area contributed by atoms with E-state index in [1.807, 2.05) is 6.07 Å². The first-order valence-corrected chi connectivity index (χ1v) is 8.47. The number of fused-ring (bicyclic) bond motifs is 1. The molecule has 0 atom stereocenters. The predicted molar refractivity (Wildman–Crippen MR) is 98.7 cm³/mol. The van der Waals surface area contributed by atoms with Crippen LogP contribution < -0.4 is 10.5 Å². The Balaban J connectivity index is 2.15. The molecule has 126 valence electrons. The summed E-state index contributed by atoms with van der Waals surface area (Å²) in [5.74, 6) is 2.61. The Morgan fingerprint density at radius 1 is 1.38 bits per heavy atom. The molecule has 4 heteroatoms. The van der Waals surface area contributed by atoms with Gasteiger partial charge in [-0.3, -0.25) is 4.79 Å². The monoisotopic (exact) mass is 324 g/mol. The molecule has 1 saturated heterocycles. The van der Waals surface area contributed by atoms with Crippen LogP contribution >= 0.6 is 0 Å². The first-order chi connectivity index (χ1) is 11.5. The van der Waals surface area contributed by atoms with Gasteiger partial charge in [-0.15, -0.1) is 6.42 Å². The molecule has 0 aliphatic carbocycles. The Labute approximate surface area is 142 Å². The van der Waals surface area contributed by atoms with Gasteiger partial charge in [0.05, 0.1) is 16.8 Å². The number of terminal acetylenes is 1. The number of aryl methyl sites for hydroxylation is 1. The molecule has 1 fully saturated rings. The van der Waals surface area contributed by atoms with Crippen LogP contribution in [-0.4, -0.2) is 30.8 Å². The number of pyridine rings is 1. The lowest BCUT2D eigenvalue weighted by atomic mass is 9.92. The number of aromatic nitrogens is 1. The number of piperidine rings is 1. The van der Waals surface area contributed by atoms with Crippen molar-refractivity contribution in [3.63, 3.8) is 0 Å². The average Bonchev–Trinajstić information content (AvgIpc) is 2.61. The van der Waals surface area contributed by atoms with Crippen molar-refractivity contribution in [2.75, 3.05) is 25.1 Å². The summed E-state index contributed by atoms with van der Waals surface area (Å²) in [7, 11) is 1.76. The summed E-state index contributed by atoms with van der Waals surface area (Å²) in [5.41, 5.74) is 3.10. The number of hydrogen-bond donors (Lipinski definition) is 1. The summed E-state index contributed by atoms with van der Waals surface area (Å²) in [5, 5.41) is 1.03. The Kier molecular flexibility index (Phi) is 4.38. The van der Waals surface area contributed by atoms with E-state index < -0.39 is 0 Å². The lowest BCUT2D eigenvalue weighted by Gasteiger charge is -2.40. The first-order valence-electron chi connectivity index (χ1n) is 8.47. The van der Waals surface area contributed by atoms with Crippen molar-refractivity contribution in [1.29, 1.82) is 0 Å². The van der Waals surface area contributed by atoms with Crippen molar-refractivity contribution in [3.05, 3.63) is 39.7 Å². The molecule has 1 aromatic carbocycles. The van der Waals surface area contributed by atoms with Gasteiger partial charge in [-0.25, -0.2) is 0 Å². The number of rotatable bonds is 3. The summed E-state index contributed by atoms with van der Waals surface area (Å²) in [4.78, 5) is 17.6. The van der Waals surface area contributed by atoms with E-state index in [-0.39, 0.29) is 11.2 Å². The Morgan fingerprint density at radius 3 is 2.67 bits per heavy atom. The minimum Gasteiger partial charge on any atom is -0.378 e. The number of H-pyrrole nitrogens is 1. The van der Waals surface area contributed by atoms with Crippen LogP contribution in [0.5, 0.6) is 0 Å². The van der Waals surface area contributed by atoms with Gasteiger partial charge in [0.2, 0.25) is 0 Å². The van der Waals surface area contributed by atoms with E-state index in [9.17, 15) is 4.79 Å². The third kappa shape index (κ3) is 2.81. The predicted octanol–water partition coefficient (Wildman–Crippen LogP) is 3.08. The molecule has 0 saturated carbocycles. The van der Waals surface area contributed by atoms with Crippen LogP contribution in [0.3, 0.4) is 0 Å². The van der Waals surface area contributed by atoms with E-state index in [2.05, 4.69) is 41.8 Å². The minimum atomic E-state index is -0.190. The second-order valence-corrected chi connectivity index (χ2v) is 6.70. The zero-order chi connectivity index (χ0) is 17.3. The summed E-state index contributed by atoms with van der Waals surface area (Å²) in [6, 6.07) is 6.17. The SMILES string of the molecule is C#Cc1c(N2CCC(C)(OC)CC2)c2cc(CC)ccc2[nH]c1=O. The van der Waals surface area contributed by atoms with Crippen molar-refractivity contribution in [2.24, 2.45) is 0 Å². The molecule has 3 rings (SSSR count). The number of nitrogens with one attached hydrogen (secondary N) is 1. The summed E-state index contributed by atoms with van der Waals surface area (Å²) < 4.78 is 5.63. The summed E-state index contributed by atoms with van der Waals surface area (Å²) in [6.45, 7) is 5.92. The number of ether oxygens (including phenoxy) is 1. The Hall–Kier alpha value is -2.25. The maximum atomic E-state index is 12.4. The molecule has 1 aliphatic heterocycles. The topological polar surface area (TPSA) is 45.3 Å². The lowest BCUT2D eigenvalue weighted by Crippen LogP contribution is -2.44. The normalized spacial score (nSPS) is 17.0. The number of anilines is 1. The molecule has 2 aromatic rings. The summed E-state index contributed by atoms with van der Waals surface area (Å²) in [6.07, 6.45) is 8.45.